The fraction of sp³-hybridized carbons (Fsp3) is 0.571. The summed E-state index contributed by atoms with van der Waals surface area (Å²) in [7, 11) is 0. The molecule has 1 rings (SSSR count). The lowest BCUT2D eigenvalue weighted by Crippen LogP contribution is -2.13. The second-order valence-corrected chi connectivity index (χ2v) is 6.10. The number of para-hydroxylation sites is 1. The van der Waals surface area contributed by atoms with Crippen molar-refractivity contribution >= 4 is 17.3 Å². The van der Waals surface area contributed by atoms with E-state index in [1.165, 1.54) is 5.56 Å². The fourth-order valence-corrected chi connectivity index (χ4v) is 1.77. The van der Waals surface area contributed by atoms with Crippen molar-refractivity contribution in [3.8, 4) is 0 Å². The van der Waals surface area contributed by atoms with E-state index in [1.807, 2.05) is 19.1 Å². The maximum Gasteiger partial charge on any atom is 0.0577 e. The molecular weight excluding hydrogens is 218 g/mol. The van der Waals surface area contributed by atoms with Crippen LogP contribution in [0, 0.1) is 5.41 Å². The van der Waals surface area contributed by atoms with E-state index < -0.39 is 0 Å². The van der Waals surface area contributed by atoms with Gasteiger partial charge in [0.05, 0.1) is 5.38 Å². The van der Waals surface area contributed by atoms with Gasteiger partial charge in [-0.25, -0.2) is 0 Å². The standard InChI is InChI=1S/C14H22ClN/c1-11(15)12-7-5-6-8-13(12)16-10-9-14(2,3)4/h5-8,11,16H,9-10H2,1-4H3. The summed E-state index contributed by atoms with van der Waals surface area (Å²) in [6.07, 6.45) is 1.15. The average Bonchev–Trinajstić information content (AvgIpc) is 2.16. The van der Waals surface area contributed by atoms with Gasteiger partial charge in [0.2, 0.25) is 0 Å². The van der Waals surface area contributed by atoms with Crippen molar-refractivity contribution < 1.29 is 0 Å². The van der Waals surface area contributed by atoms with Crippen LogP contribution in [0.4, 0.5) is 5.69 Å². The minimum Gasteiger partial charge on any atom is -0.385 e. The first-order valence-corrected chi connectivity index (χ1v) is 6.31. The predicted molar refractivity (Wildman–Crippen MR) is 73.3 cm³/mol. The Morgan fingerprint density at radius 1 is 1.25 bits per heavy atom. The van der Waals surface area contributed by atoms with Crippen LogP contribution in [0.15, 0.2) is 24.3 Å². The second-order valence-electron chi connectivity index (χ2n) is 5.44. The highest BCUT2D eigenvalue weighted by molar-refractivity contribution is 6.21. The highest BCUT2D eigenvalue weighted by Crippen LogP contribution is 2.27. The number of rotatable bonds is 4. The number of alkyl halides is 1. The molecular formula is C14H22ClN. The van der Waals surface area contributed by atoms with Crippen LogP contribution >= 0.6 is 11.6 Å². The lowest BCUT2D eigenvalue weighted by molar-refractivity contribution is 0.390. The number of benzene rings is 1. The van der Waals surface area contributed by atoms with Crippen LogP contribution in [0.3, 0.4) is 0 Å². The Balaban J connectivity index is 2.60. The highest BCUT2D eigenvalue weighted by Gasteiger charge is 2.11. The molecule has 0 spiro atoms. The van der Waals surface area contributed by atoms with Crippen LogP contribution in [0.2, 0.25) is 0 Å². The van der Waals surface area contributed by atoms with E-state index in [0.29, 0.717) is 5.41 Å². The van der Waals surface area contributed by atoms with Crippen LogP contribution in [0.1, 0.15) is 45.1 Å². The van der Waals surface area contributed by atoms with E-state index in [4.69, 9.17) is 11.6 Å². The van der Waals surface area contributed by atoms with Gasteiger partial charge in [0.15, 0.2) is 0 Å². The molecule has 16 heavy (non-hydrogen) atoms. The fourth-order valence-electron chi connectivity index (χ4n) is 1.58. The van der Waals surface area contributed by atoms with Gasteiger partial charge < -0.3 is 5.32 Å². The third-order valence-corrected chi connectivity index (χ3v) is 2.81. The summed E-state index contributed by atoms with van der Waals surface area (Å²) in [5.41, 5.74) is 2.71. The average molecular weight is 240 g/mol. The molecule has 0 saturated carbocycles. The van der Waals surface area contributed by atoms with Crippen molar-refractivity contribution in [2.75, 3.05) is 11.9 Å². The Bertz CT molecular complexity index is 326. The van der Waals surface area contributed by atoms with E-state index >= 15 is 0 Å². The van der Waals surface area contributed by atoms with Crippen LogP contribution in [-0.2, 0) is 0 Å². The lowest BCUT2D eigenvalue weighted by Gasteiger charge is -2.20. The minimum atomic E-state index is 0.0540. The molecule has 0 bridgehead atoms. The molecule has 1 aromatic carbocycles. The molecule has 0 aliphatic carbocycles. The van der Waals surface area contributed by atoms with Gasteiger partial charge in [-0.15, -0.1) is 11.6 Å². The molecule has 0 aliphatic heterocycles. The second kappa shape index (κ2) is 5.58. The molecule has 90 valence electrons. The van der Waals surface area contributed by atoms with Gasteiger partial charge in [0.1, 0.15) is 0 Å². The Labute approximate surface area is 104 Å². The lowest BCUT2D eigenvalue weighted by atomic mass is 9.92. The first kappa shape index (κ1) is 13.4. The third-order valence-electron chi connectivity index (χ3n) is 2.58. The quantitative estimate of drug-likeness (QED) is 0.742. The molecule has 0 fully saturated rings. The zero-order valence-electron chi connectivity index (χ0n) is 10.7. The monoisotopic (exact) mass is 239 g/mol. The SMILES string of the molecule is CC(Cl)c1ccccc1NCCC(C)(C)C. The summed E-state index contributed by atoms with van der Waals surface area (Å²) in [6.45, 7) is 9.76. The molecule has 0 amide bonds. The maximum absolute atomic E-state index is 6.14. The molecule has 0 saturated heterocycles. The molecule has 0 radical (unpaired) electrons. The van der Waals surface area contributed by atoms with Gasteiger partial charge in [0.25, 0.3) is 0 Å². The van der Waals surface area contributed by atoms with Crippen molar-refractivity contribution in [3.63, 3.8) is 0 Å². The Kier molecular flexibility index (Phi) is 4.67. The van der Waals surface area contributed by atoms with Crippen LogP contribution in [-0.4, -0.2) is 6.54 Å². The smallest absolute Gasteiger partial charge is 0.0577 e. The molecule has 0 aliphatic rings. The van der Waals surface area contributed by atoms with Gasteiger partial charge in [-0.1, -0.05) is 39.0 Å². The molecule has 2 heteroatoms. The molecule has 1 atom stereocenters. The molecule has 1 unspecified atom stereocenters. The Morgan fingerprint density at radius 3 is 2.44 bits per heavy atom. The van der Waals surface area contributed by atoms with E-state index in [9.17, 15) is 0 Å². The van der Waals surface area contributed by atoms with Crippen molar-refractivity contribution in [2.24, 2.45) is 5.41 Å². The van der Waals surface area contributed by atoms with Crippen LogP contribution in [0.5, 0.6) is 0 Å². The van der Waals surface area contributed by atoms with Gasteiger partial charge in [-0.05, 0) is 30.4 Å². The predicted octanol–water partition coefficient (Wildman–Crippen LogP) is 4.83. The number of nitrogens with one attached hydrogen (secondary N) is 1. The van der Waals surface area contributed by atoms with Crippen molar-refractivity contribution in [1.82, 2.24) is 0 Å². The number of halogens is 1. The Hall–Kier alpha value is -0.690. The van der Waals surface area contributed by atoms with Crippen molar-refractivity contribution in [3.05, 3.63) is 29.8 Å². The molecule has 1 aromatic rings. The first-order chi connectivity index (χ1) is 7.40. The normalized spacial score (nSPS) is 13.6. The summed E-state index contributed by atoms with van der Waals surface area (Å²) >= 11 is 6.14. The van der Waals surface area contributed by atoms with Crippen LogP contribution < -0.4 is 5.32 Å². The van der Waals surface area contributed by atoms with Gasteiger partial charge in [0, 0.05) is 12.2 Å². The summed E-state index contributed by atoms with van der Waals surface area (Å²) in [6, 6.07) is 8.25. The topological polar surface area (TPSA) is 12.0 Å². The summed E-state index contributed by atoms with van der Waals surface area (Å²) < 4.78 is 0. The van der Waals surface area contributed by atoms with Gasteiger partial charge >= 0.3 is 0 Å². The first-order valence-electron chi connectivity index (χ1n) is 5.87. The minimum absolute atomic E-state index is 0.0540. The third kappa shape index (κ3) is 4.44. The molecule has 0 heterocycles. The summed E-state index contributed by atoms with van der Waals surface area (Å²) in [5, 5.41) is 3.52. The maximum atomic E-state index is 6.14. The van der Waals surface area contributed by atoms with Gasteiger partial charge in [-0.2, -0.15) is 0 Å². The Morgan fingerprint density at radius 2 is 1.88 bits per heavy atom. The molecule has 0 aromatic heterocycles. The zero-order chi connectivity index (χ0) is 12.2. The van der Waals surface area contributed by atoms with Gasteiger partial charge in [-0.3, -0.25) is 0 Å². The number of hydrogen-bond acceptors (Lipinski definition) is 1. The van der Waals surface area contributed by atoms with E-state index in [2.05, 4.69) is 38.2 Å². The van der Waals surface area contributed by atoms with Crippen molar-refractivity contribution in [2.45, 2.75) is 39.5 Å². The number of anilines is 1. The van der Waals surface area contributed by atoms with E-state index in [-0.39, 0.29) is 5.38 Å². The van der Waals surface area contributed by atoms with E-state index in [1.54, 1.807) is 0 Å². The van der Waals surface area contributed by atoms with E-state index in [0.717, 1.165) is 18.7 Å². The summed E-state index contributed by atoms with van der Waals surface area (Å²) in [4.78, 5) is 0. The highest BCUT2D eigenvalue weighted by atomic mass is 35.5. The summed E-state index contributed by atoms with van der Waals surface area (Å²) in [5.74, 6) is 0. The largest absolute Gasteiger partial charge is 0.385 e. The van der Waals surface area contributed by atoms with Crippen molar-refractivity contribution in [1.29, 1.82) is 0 Å². The van der Waals surface area contributed by atoms with Crippen LogP contribution in [0.25, 0.3) is 0 Å². The zero-order valence-corrected chi connectivity index (χ0v) is 11.4. The number of hydrogen-bond donors (Lipinski definition) is 1. The molecule has 1 nitrogen and oxygen atoms in total. The molecule has 1 N–H and O–H groups in total.